The summed E-state index contributed by atoms with van der Waals surface area (Å²) in [7, 11) is 1.63. The zero-order chi connectivity index (χ0) is 18.1. The van der Waals surface area contributed by atoms with Gasteiger partial charge in [0, 0.05) is 5.56 Å². The highest BCUT2D eigenvalue weighted by atomic mass is 32.1. The number of anilines is 1. The third kappa shape index (κ3) is 3.18. The summed E-state index contributed by atoms with van der Waals surface area (Å²) in [6, 6.07) is 15.5. The third-order valence-electron chi connectivity index (χ3n) is 3.84. The fourth-order valence-corrected chi connectivity index (χ4v) is 4.41. The molecule has 0 radical (unpaired) electrons. The van der Waals surface area contributed by atoms with Gasteiger partial charge in [-0.15, -0.1) is 11.3 Å². The van der Waals surface area contributed by atoms with Crippen LogP contribution in [0.4, 0.5) is 5.13 Å². The molecule has 0 bridgehead atoms. The number of aromatic nitrogens is 2. The first-order valence-electron chi connectivity index (χ1n) is 7.93. The molecular formula is C19H15N3O2S2. The molecule has 26 heavy (non-hydrogen) atoms. The molecule has 1 N–H and O–H groups in total. The van der Waals surface area contributed by atoms with Gasteiger partial charge in [0.1, 0.15) is 15.6 Å². The van der Waals surface area contributed by atoms with Gasteiger partial charge in [-0.1, -0.05) is 41.7 Å². The van der Waals surface area contributed by atoms with Crippen molar-refractivity contribution < 1.29 is 9.53 Å². The van der Waals surface area contributed by atoms with Gasteiger partial charge >= 0.3 is 0 Å². The average Bonchev–Trinajstić information content (AvgIpc) is 3.24. The summed E-state index contributed by atoms with van der Waals surface area (Å²) < 4.78 is 6.19. The Bertz CT molecular complexity index is 1090. The van der Waals surface area contributed by atoms with E-state index in [1.54, 1.807) is 7.11 Å². The topological polar surface area (TPSA) is 64.1 Å². The number of nitrogens with one attached hydrogen (secondary N) is 1. The number of methoxy groups -OCH3 is 1. The van der Waals surface area contributed by atoms with Crippen LogP contribution in [0, 0.1) is 6.92 Å². The van der Waals surface area contributed by atoms with Crippen molar-refractivity contribution in [2.45, 2.75) is 6.92 Å². The summed E-state index contributed by atoms with van der Waals surface area (Å²) in [6.45, 7) is 1.85. The first kappa shape index (κ1) is 16.7. The molecule has 0 saturated heterocycles. The number of carbonyl (C=O) groups excluding carboxylic acids is 1. The molecule has 4 rings (SSSR count). The molecule has 0 aliphatic rings. The maximum Gasteiger partial charge on any atom is 0.269 e. The maximum atomic E-state index is 12.7. The van der Waals surface area contributed by atoms with Crippen molar-refractivity contribution in [3.8, 4) is 16.3 Å². The molecule has 2 heterocycles. The van der Waals surface area contributed by atoms with Crippen LogP contribution in [-0.2, 0) is 0 Å². The number of ether oxygens (including phenoxy) is 1. The maximum absolute atomic E-state index is 12.7. The van der Waals surface area contributed by atoms with E-state index in [0.29, 0.717) is 15.7 Å². The van der Waals surface area contributed by atoms with Gasteiger partial charge < -0.3 is 4.74 Å². The lowest BCUT2D eigenvalue weighted by atomic mass is 10.2. The quantitative estimate of drug-likeness (QED) is 0.541. The van der Waals surface area contributed by atoms with Gasteiger partial charge in [0.15, 0.2) is 5.13 Å². The van der Waals surface area contributed by atoms with E-state index in [9.17, 15) is 4.79 Å². The fourth-order valence-electron chi connectivity index (χ4n) is 2.55. The van der Waals surface area contributed by atoms with E-state index in [1.165, 1.54) is 22.7 Å². The minimum absolute atomic E-state index is 0.187. The van der Waals surface area contributed by atoms with Crippen LogP contribution in [-0.4, -0.2) is 23.0 Å². The van der Waals surface area contributed by atoms with Crippen LogP contribution in [0.3, 0.4) is 0 Å². The number of aryl methyl sites for hydroxylation is 1. The zero-order valence-corrected chi connectivity index (χ0v) is 15.8. The van der Waals surface area contributed by atoms with Gasteiger partial charge in [-0.2, -0.15) is 0 Å². The summed E-state index contributed by atoms with van der Waals surface area (Å²) in [4.78, 5) is 22.3. The summed E-state index contributed by atoms with van der Waals surface area (Å²) in [5.74, 6) is 0.582. The second kappa shape index (κ2) is 6.86. The van der Waals surface area contributed by atoms with E-state index >= 15 is 0 Å². The van der Waals surface area contributed by atoms with Gasteiger partial charge in [0.2, 0.25) is 0 Å². The largest absolute Gasteiger partial charge is 0.497 e. The highest BCUT2D eigenvalue weighted by molar-refractivity contribution is 7.22. The molecule has 0 aliphatic carbocycles. The molecular weight excluding hydrogens is 366 g/mol. The monoisotopic (exact) mass is 381 g/mol. The summed E-state index contributed by atoms with van der Waals surface area (Å²) >= 11 is 2.81. The highest BCUT2D eigenvalue weighted by Crippen LogP contribution is 2.31. The predicted molar refractivity (Wildman–Crippen MR) is 106 cm³/mol. The van der Waals surface area contributed by atoms with Crippen LogP contribution >= 0.6 is 22.7 Å². The van der Waals surface area contributed by atoms with Crippen molar-refractivity contribution in [2.75, 3.05) is 12.4 Å². The number of benzene rings is 2. The Hall–Kier alpha value is -2.77. The van der Waals surface area contributed by atoms with Crippen LogP contribution in [0.15, 0.2) is 48.5 Å². The average molecular weight is 381 g/mol. The lowest BCUT2D eigenvalue weighted by molar-refractivity contribution is 0.103. The smallest absolute Gasteiger partial charge is 0.269 e. The fraction of sp³-hybridized carbons (Fsp3) is 0.105. The van der Waals surface area contributed by atoms with Crippen molar-refractivity contribution >= 4 is 43.9 Å². The summed E-state index contributed by atoms with van der Waals surface area (Å²) in [6.07, 6.45) is 0. The van der Waals surface area contributed by atoms with E-state index < -0.39 is 0 Å². The molecule has 0 aliphatic heterocycles. The molecule has 130 valence electrons. The molecule has 0 saturated carbocycles. The predicted octanol–water partition coefficient (Wildman–Crippen LogP) is 4.99. The second-order valence-corrected chi connectivity index (χ2v) is 7.64. The third-order valence-corrected chi connectivity index (χ3v) is 5.98. The highest BCUT2D eigenvalue weighted by Gasteiger charge is 2.18. The summed E-state index contributed by atoms with van der Waals surface area (Å²) in [5, 5.41) is 4.29. The number of fused-ring (bicyclic) bond motifs is 1. The molecule has 5 nitrogen and oxygen atoms in total. The van der Waals surface area contributed by atoms with Gasteiger partial charge in [-0.25, -0.2) is 9.97 Å². The van der Waals surface area contributed by atoms with Crippen LogP contribution in [0.25, 0.3) is 20.8 Å². The molecule has 0 atom stereocenters. The zero-order valence-electron chi connectivity index (χ0n) is 14.1. The lowest BCUT2D eigenvalue weighted by Crippen LogP contribution is -2.11. The van der Waals surface area contributed by atoms with E-state index in [1.807, 2.05) is 55.5 Å². The van der Waals surface area contributed by atoms with E-state index in [4.69, 9.17) is 4.74 Å². The molecule has 4 aromatic rings. The number of nitrogens with zero attached hydrogens (tertiary/aromatic N) is 2. The number of rotatable bonds is 4. The van der Waals surface area contributed by atoms with Gasteiger partial charge in [-0.3, -0.25) is 10.1 Å². The second-order valence-electron chi connectivity index (χ2n) is 5.61. The Kier molecular flexibility index (Phi) is 4.40. The van der Waals surface area contributed by atoms with E-state index in [0.717, 1.165) is 26.5 Å². The van der Waals surface area contributed by atoms with Crippen molar-refractivity contribution in [1.82, 2.24) is 9.97 Å². The first-order chi connectivity index (χ1) is 12.6. The molecule has 2 aromatic heterocycles. The Morgan fingerprint density at radius 2 is 1.88 bits per heavy atom. The number of amides is 1. The number of thiazole rings is 2. The Balaban J connectivity index is 1.59. The molecule has 7 heteroatoms. The van der Waals surface area contributed by atoms with Gasteiger partial charge in [-0.05, 0) is 25.1 Å². The molecule has 1 amide bonds. The van der Waals surface area contributed by atoms with Crippen molar-refractivity contribution in [1.29, 1.82) is 0 Å². The first-order valence-corrected chi connectivity index (χ1v) is 9.56. The molecule has 0 spiro atoms. The van der Waals surface area contributed by atoms with Crippen LogP contribution in [0.2, 0.25) is 0 Å². The van der Waals surface area contributed by atoms with Crippen molar-refractivity contribution in [2.24, 2.45) is 0 Å². The molecule has 0 unspecified atom stereocenters. The van der Waals surface area contributed by atoms with Gasteiger partial charge in [0.25, 0.3) is 5.91 Å². The standard InChI is InChI=1S/C19H15N3O2S2/c1-11-16(26-18(20-11)12-6-4-3-5-7-12)17(23)22-19-21-14-9-8-13(24-2)10-15(14)25-19/h3-10H,1-2H3,(H,21,22,23). The summed E-state index contributed by atoms with van der Waals surface area (Å²) in [5.41, 5.74) is 2.55. The normalized spacial score (nSPS) is 10.8. The van der Waals surface area contributed by atoms with Crippen LogP contribution < -0.4 is 10.1 Å². The molecule has 2 aromatic carbocycles. The number of carbonyl (C=O) groups is 1. The minimum Gasteiger partial charge on any atom is -0.497 e. The van der Waals surface area contributed by atoms with Crippen LogP contribution in [0.1, 0.15) is 15.4 Å². The Morgan fingerprint density at radius 3 is 2.65 bits per heavy atom. The van der Waals surface area contributed by atoms with E-state index in [-0.39, 0.29) is 5.91 Å². The SMILES string of the molecule is COc1ccc2nc(NC(=O)c3sc(-c4ccccc4)nc3C)sc2c1. The van der Waals surface area contributed by atoms with E-state index in [2.05, 4.69) is 15.3 Å². The lowest BCUT2D eigenvalue weighted by Gasteiger charge is -1.98. The number of hydrogen-bond donors (Lipinski definition) is 1. The van der Waals surface area contributed by atoms with Crippen molar-refractivity contribution in [3.05, 3.63) is 59.1 Å². The van der Waals surface area contributed by atoms with Crippen LogP contribution in [0.5, 0.6) is 5.75 Å². The Morgan fingerprint density at radius 1 is 1.08 bits per heavy atom. The van der Waals surface area contributed by atoms with Crippen molar-refractivity contribution in [3.63, 3.8) is 0 Å². The number of hydrogen-bond acceptors (Lipinski definition) is 6. The molecule has 0 fully saturated rings. The van der Waals surface area contributed by atoms with Gasteiger partial charge in [0.05, 0.1) is 23.0 Å². The Labute approximate surface area is 158 Å². The minimum atomic E-state index is -0.187.